The third kappa shape index (κ3) is 4.17. The Hall–Kier alpha value is -1.62. The number of carboxylic acid groups (broad SMARTS) is 1. The number of rotatable bonds is 6. The van der Waals surface area contributed by atoms with Crippen molar-refractivity contribution in [2.45, 2.75) is 33.2 Å². The molecule has 1 aromatic carbocycles. The lowest BCUT2D eigenvalue weighted by molar-refractivity contribution is -0.141. The second-order valence-corrected chi connectivity index (χ2v) is 6.08. The Kier molecular flexibility index (Phi) is 5.17. The Morgan fingerprint density at radius 1 is 1.33 bits per heavy atom. The lowest BCUT2D eigenvalue weighted by atomic mass is 9.94. The highest BCUT2D eigenvalue weighted by atomic mass is 79.9. The fourth-order valence-corrected chi connectivity index (χ4v) is 2.71. The molecule has 0 bridgehead atoms. The number of aromatic nitrogens is 2. The zero-order chi connectivity index (χ0) is 15.4. The number of benzene rings is 1. The summed E-state index contributed by atoms with van der Waals surface area (Å²) in [7, 11) is 0. The van der Waals surface area contributed by atoms with Gasteiger partial charge in [-0.2, -0.15) is 5.10 Å². The number of carbonyl (C=O) groups is 1. The normalized spacial score (nSPS) is 12.3. The molecule has 112 valence electrons. The first-order chi connectivity index (χ1) is 9.99. The van der Waals surface area contributed by atoms with Gasteiger partial charge in [-0.05, 0) is 44.0 Å². The second-order valence-electron chi connectivity index (χ2n) is 5.16. The van der Waals surface area contributed by atoms with Gasteiger partial charge in [-0.1, -0.05) is 28.1 Å². The van der Waals surface area contributed by atoms with Crippen LogP contribution in [0, 0.1) is 12.8 Å². The van der Waals surface area contributed by atoms with E-state index in [1.165, 1.54) is 0 Å². The average Bonchev–Trinajstić information content (AvgIpc) is 2.80. The van der Waals surface area contributed by atoms with Crippen LogP contribution >= 0.6 is 15.9 Å². The van der Waals surface area contributed by atoms with Crippen LogP contribution in [0.4, 0.5) is 0 Å². The zero-order valence-corrected chi connectivity index (χ0v) is 13.8. The van der Waals surface area contributed by atoms with Crippen molar-refractivity contribution < 1.29 is 9.90 Å². The van der Waals surface area contributed by atoms with Gasteiger partial charge in [-0.25, -0.2) is 0 Å². The fourth-order valence-electron chi connectivity index (χ4n) is 2.44. The van der Waals surface area contributed by atoms with Crippen LogP contribution in [-0.2, 0) is 24.2 Å². The van der Waals surface area contributed by atoms with Gasteiger partial charge in [0, 0.05) is 23.1 Å². The van der Waals surface area contributed by atoms with Crippen LogP contribution in [0.25, 0.3) is 0 Å². The van der Waals surface area contributed by atoms with E-state index >= 15 is 0 Å². The van der Waals surface area contributed by atoms with Crippen LogP contribution in [0.5, 0.6) is 0 Å². The molecule has 1 heterocycles. The molecule has 0 amide bonds. The molecule has 1 aromatic heterocycles. The first-order valence-electron chi connectivity index (χ1n) is 7.00. The number of nitrogens with zero attached hydrogens (tertiary/aromatic N) is 2. The van der Waals surface area contributed by atoms with Crippen molar-refractivity contribution >= 4 is 21.9 Å². The lowest BCUT2D eigenvalue weighted by Gasteiger charge is -2.13. The predicted octanol–water partition coefficient (Wildman–Crippen LogP) is 3.46. The molecule has 0 aliphatic rings. The van der Waals surface area contributed by atoms with Gasteiger partial charge in [-0.3, -0.25) is 9.48 Å². The Labute approximate surface area is 132 Å². The first kappa shape index (κ1) is 15.8. The number of aliphatic carboxylic acids is 1. The molecule has 0 saturated heterocycles. The lowest BCUT2D eigenvalue weighted by Crippen LogP contribution is -2.21. The van der Waals surface area contributed by atoms with Crippen LogP contribution in [0.15, 0.2) is 34.8 Å². The van der Waals surface area contributed by atoms with Crippen molar-refractivity contribution in [3.05, 3.63) is 51.8 Å². The summed E-state index contributed by atoms with van der Waals surface area (Å²) in [4.78, 5) is 11.5. The number of halogens is 1. The summed E-state index contributed by atoms with van der Waals surface area (Å²) in [6.07, 6.45) is 1.02. The van der Waals surface area contributed by atoms with Gasteiger partial charge in [0.1, 0.15) is 0 Å². The van der Waals surface area contributed by atoms with Crippen LogP contribution in [0.3, 0.4) is 0 Å². The Morgan fingerprint density at radius 2 is 2.00 bits per heavy atom. The molecule has 2 rings (SSSR count). The molecule has 0 spiro atoms. The van der Waals surface area contributed by atoms with E-state index in [2.05, 4.69) is 21.0 Å². The fraction of sp³-hybridized carbons (Fsp3) is 0.375. The number of hydrogen-bond acceptors (Lipinski definition) is 2. The maximum atomic E-state index is 11.5. The van der Waals surface area contributed by atoms with Crippen molar-refractivity contribution in [2.75, 3.05) is 0 Å². The Bertz CT molecular complexity index is 620. The molecule has 1 atom stereocenters. The predicted molar refractivity (Wildman–Crippen MR) is 85.3 cm³/mol. The van der Waals surface area contributed by atoms with Gasteiger partial charge >= 0.3 is 5.97 Å². The minimum absolute atomic E-state index is 0.437. The maximum absolute atomic E-state index is 11.5. The van der Waals surface area contributed by atoms with Crippen molar-refractivity contribution in [2.24, 2.45) is 5.92 Å². The highest BCUT2D eigenvalue weighted by Crippen LogP contribution is 2.18. The highest BCUT2D eigenvalue weighted by Gasteiger charge is 2.21. The standard InChI is InChI=1S/C16H19BrN2O2/c1-3-19-15(8-11(2)18-19)10-13(16(20)21)9-12-4-6-14(17)7-5-12/h4-8,13H,3,9-10H2,1-2H3,(H,20,21). The molecule has 1 unspecified atom stereocenters. The summed E-state index contributed by atoms with van der Waals surface area (Å²) in [5.74, 6) is -1.20. The third-order valence-electron chi connectivity index (χ3n) is 3.49. The van der Waals surface area contributed by atoms with E-state index in [1.54, 1.807) is 0 Å². The summed E-state index contributed by atoms with van der Waals surface area (Å²) in [5.41, 5.74) is 2.95. The van der Waals surface area contributed by atoms with E-state index < -0.39 is 11.9 Å². The largest absolute Gasteiger partial charge is 0.481 e. The van der Waals surface area contributed by atoms with E-state index in [9.17, 15) is 9.90 Å². The maximum Gasteiger partial charge on any atom is 0.307 e. The van der Waals surface area contributed by atoms with Crippen LogP contribution in [0.1, 0.15) is 23.9 Å². The van der Waals surface area contributed by atoms with E-state index in [1.807, 2.05) is 48.9 Å². The van der Waals surface area contributed by atoms with Crippen LogP contribution in [0.2, 0.25) is 0 Å². The summed E-state index contributed by atoms with van der Waals surface area (Å²) in [6, 6.07) is 9.77. The van der Waals surface area contributed by atoms with Gasteiger partial charge < -0.3 is 5.11 Å². The molecule has 0 aliphatic carbocycles. The van der Waals surface area contributed by atoms with Crippen molar-refractivity contribution in [1.29, 1.82) is 0 Å². The minimum Gasteiger partial charge on any atom is -0.481 e. The van der Waals surface area contributed by atoms with E-state index in [0.29, 0.717) is 12.8 Å². The van der Waals surface area contributed by atoms with Crippen LogP contribution in [-0.4, -0.2) is 20.9 Å². The van der Waals surface area contributed by atoms with E-state index in [4.69, 9.17) is 0 Å². The molecule has 0 saturated carbocycles. The molecular formula is C16H19BrN2O2. The smallest absolute Gasteiger partial charge is 0.307 e. The summed E-state index contributed by atoms with van der Waals surface area (Å²) < 4.78 is 2.88. The molecule has 0 radical (unpaired) electrons. The molecule has 1 N–H and O–H groups in total. The zero-order valence-electron chi connectivity index (χ0n) is 12.2. The highest BCUT2D eigenvalue weighted by molar-refractivity contribution is 9.10. The SMILES string of the molecule is CCn1nc(C)cc1CC(Cc1ccc(Br)cc1)C(=O)O. The van der Waals surface area contributed by atoms with Crippen LogP contribution < -0.4 is 0 Å². The van der Waals surface area contributed by atoms with Gasteiger partial charge in [0.05, 0.1) is 11.6 Å². The Balaban J connectivity index is 2.15. The van der Waals surface area contributed by atoms with Gasteiger partial charge in [0.2, 0.25) is 0 Å². The third-order valence-corrected chi connectivity index (χ3v) is 4.01. The Morgan fingerprint density at radius 3 is 2.57 bits per heavy atom. The number of carboxylic acids is 1. The first-order valence-corrected chi connectivity index (χ1v) is 7.79. The molecular weight excluding hydrogens is 332 g/mol. The molecule has 5 heteroatoms. The van der Waals surface area contributed by atoms with Gasteiger partial charge in [0.15, 0.2) is 0 Å². The molecule has 0 fully saturated rings. The van der Waals surface area contributed by atoms with Crippen molar-refractivity contribution in [3.8, 4) is 0 Å². The van der Waals surface area contributed by atoms with Crippen molar-refractivity contribution in [3.63, 3.8) is 0 Å². The molecule has 2 aromatic rings. The number of aryl methyl sites for hydroxylation is 2. The summed E-state index contributed by atoms with van der Waals surface area (Å²) in [5, 5.41) is 13.9. The second kappa shape index (κ2) is 6.89. The minimum atomic E-state index is -0.764. The molecule has 0 aliphatic heterocycles. The quantitative estimate of drug-likeness (QED) is 0.867. The number of hydrogen-bond donors (Lipinski definition) is 1. The van der Waals surface area contributed by atoms with Gasteiger partial charge in [0.25, 0.3) is 0 Å². The average molecular weight is 351 g/mol. The monoisotopic (exact) mass is 350 g/mol. The molecule has 4 nitrogen and oxygen atoms in total. The topological polar surface area (TPSA) is 55.1 Å². The summed E-state index contributed by atoms with van der Waals surface area (Å²) in [6.45, 7) is 4.70. The van der Waals surface area contributed by atoms with E-state index in [0.717, 1.165) is 28.0 Å². The van der Waals surface area contributed by atoms with Gasteiger partial charge in [-0.15, -0.1) is 0 Å². The molecule has 21 heavy (non-hydrogen) atoms. The summed E-state index contributed by atoms with van der Waals surface area (Å²) >= 11 is 3.39. The van der Waals surface area contributed by atoms with E-state index in [-0.39, 0.29) is 0 Å². The van der Waals surface area contributed by atoms with Crippen molar-refractivity contribution in [1.82, 2.24) is 9.78 Å².